The molecule has 0 aliphatic carbocycles. The van der Waals surface area contributed by atoms with Gasteiger partial charge in [-0.15, -0.1) is 0 Å². The number of nitrogens with one attached hydrogen (secondary N) is 1. The van der Waals surface area contributed by atoms with Crippen LogP contribution >= 0.6 is 0 Å². The van der Waals surface area contributed by atoms with Gasteiger partial charge < -0.3 is 5.73 Å². The Bertz CT molecular complexity index is 789. The molecule has 5 heteroatoms. The second kappa shape index (κ2) is 6.73. The van der Waals surface area contributed by atoms with Gasteiger partial charge in [-0.2, -0.15) is 0 Å². The standard InChI is InChI=1S/C16H17N3O2/c1-2-14-11-19(16(21)18-15(14)20)10-13-7-5-12(6-8-13)4-3-9-17/h5-8,11H,2,9-10,17H2,1H3,(H,18,20,21). The van der Waals surface area contributed by atoms with Crippen molar-refractivity contribution >= 4 is 0 Å². The lowest BCUT2D eigenvalue weighted by molar-refractivity contribution is 0.707. The van der Waals surface area contributed by atoms with E-state index in [-0.39, 0.29) is 5.56 Å². The average molecular weight is 283 g/mol. The summed E-state index contributed by atoms with van der Waals surface area (Å²) in [5.74, 6) is 5.73. The van der Waals surface area contributed by atoms with Crippen molar-refractivity contribution in [1.82, 2.24) is 9.55 Å². The molecule has 0 aliphatic heterocycles. The van der Waals surface area contributed by atoms with E-state index in [1.165, 1.54) is 4.57 Å². The Morgan fingerprint density at radius 1 is 1.24 bits per heavy atom. The summed E-state index contributed by atoms with van der Waals surface area (Å²) in [7, 11) is 0. The van der Waals surface area contributed by atoms with Gasteiger partial charge in [0, 0.05) is 17.3 Å². The maximum absolute atomic E-state index is 11.8. The summed E-state index contributed by atoms with van der Waals surface area (Å²) in [6, 6.07) is 7.58. The van der Waals surface area contributed by atoms with Gasteiger partial charge in [0.15, 0.2) is 0 Å². The number of nitrogens with two attached hydrogens (primary N) is 1. The predicted octanol–water partition coefficient (Wildman–Crippen LogP) is 0.458. The number of aromatic amines is 1. The summed E-state index contributed by atoms with van der Waals surface area (Å²) >= 11 is 0. The topological polar surface area (TPSA) is 80.9 Å². The van der Waals surface area contributed by atoms with E-state index in [4.69, 9.17) is 5.73 Å². The largest absolute Gasteiger partial charge is 0.328 e. The molecule has 0 saturated heterocycles. The molecule has 2 aromatic rings. The highest BCUT2D eigenvalue weighted by atomic mass is 16.2. The number of benzene rings is 1. The number of rotatable bonds is 3. The minimum Gasteiger partial charge on any atom is -0.320 e. The Hall–Kier alpha value is -2.58. The van der Waals surface area contributed by atoms with Crippen LogP contribution in [-0.4, -0.2) is 16.1 Å². The van der Waals surface area contributed by atoms with Crippen molar-refractivity contribution in [3.05, 3.63) is 68.0 Å². The Labute approximate surface area is 122 Å². The van der Waals surface area contributed by atoms with Gasteiger partial charge in [-0.3, -0.25) is 14.3 Å². The number of nitrogens with zero attached hydrogens (tertiary/aromatic N) is 1. The molecular weight excluding hydrogens is 266 g/mol. The molecule has 108 valence electrons. The first-order valence-corrected chi connectivity index (χ1v) is 6.74. The SMILES string of the molecule is CCc1cn(Cc2ccc(C#CCN)cc2)c(=O)[nH]c1=O. The second-order valence-corrected chi connectivity index (χ2v) is 4.60. The van der Waals surface area contributed by atoms with E-state index in [0.29, 0.717) is 25.1 Å². The number of hydrogen-bond donors (Lipinski definition) is 2. The van der Waals surface area contributed by atoms with Crippen molar-refractivity contribution in [2.45, 2.75) is 19.9 Å². The average Bonchev–Trinajstić information content (AvgIpc) is 2.49. The van der Waals surface area contributed by atoms with Crippen LogP contribution in [0.25, 0.3) is 0 Å². The third kappa shape index (κ3) is 3.71. The molecular formula is C16H17N3O2. The van der Waals surface area contributed by atoms with Crippen molar-refractivity contribution < 1.29 is 0 Å². The lowest BCUT2D eigenvalue weighted by atomic mass is 10.1. The Balaban J connectivity index is 2.26. The van der Waals surface area contributed by atoms with E-state index >= 15 is 0 Å². The normalized spacial score (nSPS) is 10.0. The summed E-state index contributed by atoms with van der Waals surface area (Å²) in [5, 5.41) is 0. The summed E-state index contributed by atoms with van der Waals surface area (Å²) in [5.41, 5.74) is 7.05. The van der Waals surface area contributed by atoms with Gasteiger partial charge in [0.25, 0.3) is 5.56 Å². The molecule has 0 radical (unpaired) electrons. The lowest BCUT2D eigenvalue weighted by Crippen LogP contribution is -2.31. The molecule has 0 atom stereocenters. The van der Waals surface area contributed by atoms with Gasteiger partial charge in [0.1, 0.15) is 0 Å². The van der Waals surface area contributed by atoms with E-state index in [9.17, 15) is 9.59 Å². The van der Waals surface area contributed by atoms with Crippen molar-refractivity contribution in [1.29, 1.82) is 0 Å². The number of aromatic nitrogens is 2. The van der Waals surface area contributed by atoms with Crippen molar-refractivity contribution in [2.75, 3.05) is 6.54 Å². The zero-order chi connectivity index (χ0) is 15.2. The van der Waals surface area contributed by atoms with Crippen LogP contribution in [0.2, 0.25) is 0 Å². The Morgan fingerprint density at radius 2 is 1.95 bits per heavy atom. The molecule has 0 amide bonds. The van der Waals surface area contributed by atoms with Crippen LogP contribution in [0.1, 0.15) is 23.6 Å². The van der Waals surface area contributed by atoms with Crippen molar-refractivity contribution in [3.63, 3.8) is 0 Å². The van der Waals surface area contributed by atoms with Gasteiger partial charge in [-0.1, -0.05) is 30.9 Å². The molecule has 0 fully saturated rings. The highest BCUT2D eigenvalue weighted by molar-refractivity contribution is 5.36. The van der Waals surface area contributed by atoms with Crippen LogP contribution in [0.4, 0.5) is 0 Å². The van der Waals surface area contributed by atoms with E-state index in [1.807, 2.05) is 31.2 Å². The van der Waals surface area contributed by atoms with Gasteiger partial charge in [0.05, 0.1) is 13.1 Å². The summed E-state index contributed by atoms with van der Waals surface area (Å²) in [6.45, 7) is 2.62. The van der Waals surface area contributed by atoms with Crippen LogP contribution in [0, 0.1) is 11.8 Å². The van der Waals surface area contributed by atoms with Crippen LogP contribution in [-0.2, 0) is 13.0 Å². The third-order valence-electron chi connectivity index (χ3n) is 3.11. The molecule has 3 N–H and O–H groups in total. The maximum Gasteiger partial charge on any atom is 0.328 e. The monoisotopic (exact) mass is 283 g/mol. The zero-order valence-electron chi connectivity index (χ0n) is 11.8. The Kier molecular flexibility index (Phi) is 4.75. The molecule has 0 aliphatic rings. The van der Waals surface area contributed by atoms with Crippen LogP contribution in [0.15, 0.2) is 40.1 Å². The fourth-order valence-corrected chi connectivity index (χ4v) is 1.97. The minimum absolute atomic E-state index is 0.314. The van der Waals surface area contributed by atoms with Crippen LogP contribution in [0.3, 0.4) is 0 Å². The minimum atomic E-state index is -0.399. The summed E-state index contributed by atoms with van der Waals surface area (Å²) in [6.07, 6.45) is 2.20. The molecule has 0 saturated carbocycles. The molecule has 1 aromatic carbocycles. The molecule has 0 unspecified atom stereocenters. The van der Waals surface area contributed by atoms with E-state index in [2.05, 4.69) is 16.8 Å². The zero-order valence-corrected chi connectivity index (χ0v) is 11.8. The first kappa shape index (κ1) is 14.8. The van der Waals surface area contributed by atoms with Crippen LogP contribution in [0.5, 0.6) is 0 Å². The van der Waals surface area contributed by atoms with Gasteiger partial charge in [-0.05, 0) is 24.1 Å². The number of hydrogen-bond acceptors (Lipinski definition) is 3. The fraction of sp³-hybridized carbons (Fsp3) is 0.250. The maximum atomic E-state index is 11.8. The number of H-pyrrole nitrogens is 1. The van der Waals surface area contributed by atoms with Crippen molar-refractivity contribution in [2.24, 2.45) is 5.73 Å². The lowest BCUT2D eigenvalue weighted by Gasteiger charge is -2.07. The van der Waals surface area contributed by atoms with Crippen LogP contribution < -0.4 is 17.0 Å². The third-order valence-corrected chi connectivity index (χ3v) is 3.11. The molecule has 21 heavy (non-hydrogen) atoms. The highest BCUT2D eigenvalue weighted by Gasteiger charge is 2.03. The molecule has 0 spiro atoms. The summed E-state index contributed by atoms with van der Waals surface area (Å²) in [4.78, 5) is 25.7. The quantitative estimate of drug-likeness (QED) is 0.803. The molecule has 1 aromatic heterocycles. The predicted molar refractivity (Wildman–Crippen MR) is 82.2 cm³/mol. The molecule has 1 heterocycles. The van der Waals surface area contributed by atoms with E-state index in [0.717, 1.165) is 11.1 Å². The van der Waals surface area contributed by atoms with Gasteiger partial charge >= 0.3 is 5.69 Å². The highest BCUT2D eigenvalue weighted by Crippen LogP contribution is 2.05. The first-order valence-electron chi connectivity index (χ1n) is 6.74. The molecule has 5 nitrogen and oxygen atoms in total. The number of aryl methyl sites for hydroxylation is 1. The smallest absolute Gasteiger partial charge is 0.320 e. The summed E-state index contributed by atoms with van der Waals surface area (Å²) < 4.78 is 1.50. The van der Waals surface area contributed by atoms with E-state index in [1.54, 1.807) is 6.20 Å². The second-order valence-electron chi connectivity index (χ2n) is 4.60. The van der Waals surface area contributed by atoms with Gasteiger partial charge in [0.2, 0.25) is 0 Å². The van der Waals surface area contributed by atoms with E-state index < -0.39 is 5.69 Å². The Morgan fingerprint density at radius 3 is 2.57 bits per heavy atom. The molecule has 0 bridgehead atoms. The van der Waals surface area contributed by atoms with Gasteiger partial charge in [-0.25, -0.2) is 4.79 Å². The van der Waals surface area contributed by atoms with Crippen molar-refractivity contribution in [3.8, 4) is 11.8 Å². The molecule has 2 rings (SSSR count). The first-order chi connectivity index (χ1) is 10.1. The fourth-order valence-electron chi connectivity index (χ4n) is 1.97.